The third-order valence-corrected chi connectivity index (χ3v) is 9.53. The maximum Gasteiger partial charge on any atom is 0.335 e. The molecule has 0 spiro atoms. The zero-order valence-corrected chi connectivity index (χ0v) is 18.6. The van der Waals surface area contributed by atoms with Crippen LogP contribution in [0.25, 0.3) is 0 Å². The van der Waals surface area contributed by atoms with Crippen LogP contribution in [0.2, 0.25) is 0 Å². The molecular formula is C24H26BrO2P. The molecule has 0 aliphatic carbocycles. The molecule has 0 amide bonds. The number of rotatable bonds is 8. The summed E-state index contributed by atoms with van der Waals surface area (Å²) >= 11 is 0. The molecule has 3 rings (SSSR count). The lowest BCUT2D eigenvalue weighted by atomic mass is 10.2. The Hall–Kier alpha value is -1.96. The van der Waals surface area contributed by atoms with Gasteiger partial charge in [0, 0.05) is 0 Å². The molecule has 0 unspecified atom stereocenters. The first-order valence-electron chi connectivity index (χ1n) is 9.51. The van der Waals surface area contributed by atoms with Crippen molar-refractivity contribution in [2.24, 2.45) is 0 Å². The molecule has 0 saturated heterocycles. The number of hydrogen-bond acceptors (Lipinski definition) is 1. The largest absolute Gasteiger partial charge is 1.00 e. The Morgan fingerprint density at radius 1 is 0.786 bits per heavy atom. The lowest BCUT2D eigenvalue weighted by Crippen LogP contribution is -3.00. The maximum atomic E-state index is 11.6. The minimum absolute atomic E-state index is 0. The van der Waals surface area contributed by atoms with E-state index in [9.17, 15) is 9.90 Å². The Morgan fingerprint density at radius 2 is 1.32 bits per heavy atom. The van der Waals surface area contributed by atoms with Crippen LogP contribution >= 0.6 is 7.26 Å². The van der Waals surface area contributed by atoms with Gasteiger partial charge in [-0.05, 0) is 48.9 Å². The number of unbranched alkanes of at least 4 members (excludes halogenated alkanes) is 2. The standard InChI is InChI=1S/C24H25O2P.BrH/c1-2-3-10-18-27(21-13-6-4-7-14-21,22-15-8-5-9-16-22)23-17-11-12-20(19-23)24(25)26;/h4-9,11-17,19H,2-3,10,18H2,1H3;1H. The third kappa shape index (κ3) is 4.71. The van der Waals surface area contributed by atoms with E-state index in [4.69, 9.17) is 0 Å². The quantitative estimate of drug-likeness (QED) is 0.415. The molecule has 0 bridgehead atoms. The predicted molar refractivity (Wildman–Crippen MR) is 116 cm³/mol. The molecule has 0 heterocycles. The lowest BCUT2D eigenvalue weighted by Gasteiger charge is -2.28. The molecule has 0 radical (unpaired) electrons. The monoisotopic (exact) mass is 456 g/mol. The minimum atomic E-state index is -1.91. The van der Waals surface area contributed by atoms with Gasteiger partial charge in [0.2, 0.25) is 0 Å². The van der Waals surface area contributed by atoms with Crippen LogP contribution in [0.1, 0.15) is 36.5 Å². The van der Waals surface area contributed by atoms with Crippen molar-refractivity contribution in [1.29, 1.82) is 0 Å². The topological polar surface area (TPSA) is 37.3 Å². The van der Waals surface area contributed by atoms with Crippen LogP contribution in [0, 0.1) is 0 Å². The number of benzene rings is 3. The lowest BCUT2D eigenvalue weighted by molar-refractivity contribution is -0.0000208. The highest BCUT2D eigenvalue weighted by atomic mass is 79.9. The van der Waals surface area contributed by atoms with E-state index in [0.29, 0.717) is 5.56 Å². The Morgan fingerprint density at radius 3 is 1.82 bits per heavy atom. The fourth-order valence-electron chi connectivity index (χ4n) is 3.67. The number of carbonyl (C=O) groups is 1. The number of carboxylic acids is 1. The van der Waals surface area contributed by atoms with Crippen LogP contribution in [0.15, 0.2) is 84.9 Å². The molecular weight excluding hydrogens is 431 g/mol. The fourth-order valence-corrected chi connectivity index (χ4v) is 8.10. The second kappa shape index (κ2) is 10.5. The van der Waals surface area contributed by atoms with Crippen molar-refractivity contribution < 1.29 is 26.9 Å². The predicted octanol–water partition coefficient (Wildman–Crippen LogP) is 1.87. The van der Waals surface area contributed by atoms with Gasteiger partial charge in [0.15, 0.2) is 0 Å². The van der Waals surface area contributed by atoms with Gasteiger partial charge in [-0.2, -0.15) is 0 Å². The second-order valence-corrected chi connectivity index (χ2v) is 10.4. The van der Waals surface area contributed by atoms with Crippen molar-refractivity contribution in [2.45, 2.75) is 26.2 Å². The molecule has 28 heavy (non-hydrogen) atoms. The molecule has 2 nitrogen and oxygen atoms in total. The van der Waals surface area contributed by atoms with Crippen molar-refractivity contribution in [3.05, 3.63) is 90.5 Å². The fraction of sp³-hybridized carbons (Fsp3) is 0.208. The molecule has 3 aromatic carbocycles. The molecule has 0 aromatic heterocycles. The Balaban J connectivity index is 0.00000280. The van der Waals surface area contributed by atoms with Gasteiger partial charge in [-0.15, -0.1) is 0 Å². The van der Waals surface area contributed by atoms with Gasteiger partial charge in [0.1, 0.15) is 23.2 Å². The smallest absolute Gasteiger partial charge is 0.335 e. The molecule has 1 N–H and O–H groups in total. The first kappa shape index (κ1) is 22.3. The van der Waals surface area contributed by atoms with E-state index in [1.54, 1.807) is 6.07 Å². The Kier molecular flexibility index (Phi) is 8.41. The van der Waals surface area contributed by atoms with Crippen molar-refractivity contribution in [3.8, 4) is 0 Å². The van der Waals surface area contributed by atoms with E-state index < -0.39 is 13.2 Å². The van der Waals surface area contributed by atoms with Crippen LogP contribution in [0.5, 0.6) is 0 Å². The second-order valence-electron chi connectivity index (χ2n) is 6.77. The third-order valence-electron chi connectivity index (χ3n) is 5.02. The van der Waals surface area contributed by atoms with E-state index in [1.165, 1.54) is 23.5 Å². The zero-order chi connectivity index (χ0) is 19.1. The molecule has 4 heteroatoms. The van der Waals surface area contributed by atoms with Crippen LogP contribution in [0.4, 0.5) is 0 Å². The van der Waals surface area contributed by atoms with Crippen molar-refractivity contribution in [3.63, 3.8) is 0 Å². The van der Waals surface area contributed by atoms with Crippen LogP contribution < -0.4 is 32.9 Å². The van der Waals surface area contributed by atoms with Crippen molar-refractivity contribution in [2.75, 3.05) is 6.16 Å². The highest BCUT2D eigenvalue weighted by Gasteiger charge is 2.44. The first-order valence-corrected chi connectivity index (χ1v) is 11.5. The van der Waals surface area contributed by atoms with E-state index in [1.807, 2.05) is 24.3 Å². The number of hydrogen-bond donors (Lipinski definition) is 1. The molecule has 0 aliphatic heterocycles. The molecule has 146 valence electrons. The average Bonchev–Trinajstić information content (AvgIpc) is 2.73. The molecule has 0 fully saturated rings. The molecule has 0 aliphatic rings. The van der Waals surface area contributed by atoms with Gasteiger partial charge < -0.3 is 22.1 Å². The van der Waals surface area contributed by atoms with E-state index in [0.717, 1.165) is 17.9 Å². The first-order chi connectivity index (χ1) is 13.2. The molecule has 0 atom stereocenters. The van der Waals surface area contributed by atoms with E-state index in [-0.39, 0.29) is 17.0 Å². The van der Waals surface area contributed by atoms with Crippen molar-refractivity contribution in [1.82, 2.24) is 0 Å². The number of carboxylic acid groups (broad SMARTS) is 1. The van der Waals surface area contributed by atoms with Crippen LogP contribution in [-0.4, -0.2) is 17.2 Å². The van der Waals surface area contributed by atoms with E-state index in [2.05, 4.69) is 61.5 Å². The van der Waals surface area contributed by atoms with Gasteiger partial charge >= 0.3 is 5.97 Å². The number of aromatic carboxylic acids is 1. The maximum absolute atomic E-state index is 11.6. The highest BCUT2D eigenvalue weighted by Crippen LogP contribution is 2.56. The summed E-state index contributed by atoms with van der Waals surface area (Å²) in [6.07, 6.45) is 4.53. The van der Waals surface area contributed by atoms with Crippen LogP contribution in [0.3, 0.4) is 0 Å². The molecule has 0 saturated carbocycles. The summed E-state index contributed by atoms with van der Waals surface area (Å²) in [6, 6.07) is 28.9. The Bertz CT molecular complexity index is 842. The molecule has 3 aromatic rings. The summed E-state index contributed by atoms with van der Waals surface area (Å²) in [5.41, 5.74) is 0.360. The van der Waals surface area contributed by atoms with Gasteiger partial charge in [-0.3, -0.25) is 0 Å². The average molecular weight is 457 g/mol. The summed E-state index contributed by atoms with van der Waals surface area (Å²) in [4.78, 5) is 11.6. The van der Waals surface area contributed by atoms with Gasteiger partial charge in [-0.25, -0.2) is 4.79 Å². The Labute approximate surface area is 178 Å². The normalized spacial score (nSPS) is 10.9. The zero-order valence-electron chi connectivity index (χ0n) is 16.1. The summed E-state index contributed by atoms with van der Waals surface area (Å²) < 4.78 is 0. The summed E-state index contributed by atoms with van der Waals surface area (Å²) in [7, 11) is -1.91. The van der Waals surface area contributed by atoms with Crippen LogP contribution in [-0.2, 0) is 0 Å². The van der Waals surface area contributed by atoms with Crippen molar-refractivity contribution >= 4 is 29.1 Å². The summed E-state index contributed by atoms with van der Waals surface area (Å²) in [5, 5.41) is 13.3. The van der Waals surface area contributed by atoms with E-state index >= 15 is 0 Å². The minimum Gasteiger partial charge on any atom is -1.00 e. The van der Waals surface area contributed by atoms with Gasteiger partial charge in [-0.1, -0.05) is 62.2 Å². The highest BCUT2D eigenvalue weighted by molar-refractivity contribution is 7.95. The SMILES string of the molecule is CCCCC[P+](c1ccccc1)(c1ccccc1)c1cccc(C(=O)O)c1.[Br-]. The van der Waals surface area contributed by atoms with Gasteiger partial charge in [0.25, 0.3) is 0 Å². The van der Waals surface area contributed by atoms with Gasteiger partial charge in [0.05, 0.1) is 11.7 Å². The summed E-state index contributed by atoms with van der Waals surface area (Å²) in [6.45, 7) is 2.22. The number of halogens is 1. The summed E-state index contributed by atoms with van der Waals surface area (Å²) in [5.74, 6) is -0.871.